The normalized spacial score (nSPS) is 11.8. The summed E-state index contributed by atoms with van der Waals surface area (Å²) in [5, 5.41) is 0. The van der Waals surface area contributed by atoms with Gasteiger partial charge in [0.25, 0.3) is 11.3 Å². The van der Waals surface area contributed by atoms with Gasteiger partial charge in [-0.1, -0.05) is 30.3 Å². The van der Waals surface area contributed by atoms with Crippen molar-refractivity contribution >= 4 is 22.7 Å². The minimum absolute atomic E-state index is 0.0766. The molecule has 0 aliphatic rings. The highest BCUT2D eigenvalue weighted by atomic mass is 32.2. The van der Waals surface area contributed by atoms with Crippen molar-refractivity contribution in [1.82, 2.24) is 0 Å². The van der Waals surface area contributed by atoms with Crippen LogP contribution in [-0.4, -0.2) is 14.5 Å². The summed E-state index contributed by atoms with van der Waals surface area (Å²) in [6, 6.07) is 15.4. The predicted octanol–water partition coefficient (Wildman–Crippen LogP) is 2.47. The van der Waals surface area contributed by atoms with Crippen LogP contribution >= 0.6 is 0 Å². The number of carbonyl (C=O) groups excluding carboxylic acids is 1. The van der Waals surface area contributed by atoms with Crippen molar-refractivity contribution in [3.8, 4) is 0 Å². The first-order valence-corrected chi connectivity index (χ1v) is 6.35. The van der Waals surface area contributed by atoms with Crippen LogP contribution in [0.3, 0.4) is 0 Å². The standard InChI is InChI=1S/C13H11NO3S/c15-13(10-4-2-1-3-5-10)11-6-8-12(9-7-11)14-18(16)17/h1-9,14H,(H,16,17). The van der Waals surface area contributed by atoms with Gasteiger partial charge in [0, 0.05) is 16.8 Å². The lowest BCUT2D eigenvalue weighted by Gasteiger charge is -2.03. The second-order valence-corrected chi connectivity index (χ2v) is 4.33. The molecule has 0 amide bonds. The number of carbonyl (C=O) groups is 1. The van der Waals surface area contributed by atoms with Crippen LogP contribution in [0.25, 0.3) is 0 Å². The highest BCUT2D eigenvalue weighted by Crippen LogP contribution is 2.13. The molecule has 0 aliphatic carbocycles. The molecule has 2 rings (SSSR count). The summed E-state index contributed by atoms with van der Waals surface area (Å²) >= 11 is -2.10. The molecule has 0 bridgehead atoms. The Labute approximate surface area is 107 Å². The van der Waals surface area contributed by atoms with E-state index in [1.165, 1.54) is 0 Å². The monoisotopic (exact) mass is 261 g/mol. The zero-order valence-corrected chi connectivity index (χ0v) is 10.2. The van der Waals surface area contributed by atoms with Crippen molar-refractivity contribution < 1.29 is 13.6 Å². The molecule has 0 fully saturated rings. The SMILES string of the molecule is O=C(c1ccccc1)c1ccc(NS(=O)O)cc1. The quantitative estimate of drug-likeness (QED) is 0.656. The van der Waals surface area contributed by atoms with Gasteiger partial charge >= 0.3 is 0 Å². The molecule has 18 heavy (non-hydrogen) atoms. The van der Waals surface area contributed by atoms with Crippen molar-refractivity contribution in [3.05, 3.63) is 65.7 Å². The Balaban J connectivity index is 2.20. The van der Waals surface area contributed by atoms with Gasteiger partial charge in [-0.15, -0.1) is 0 Å². The Morgan fingerprint density at radius 3 is 2.06 bits per heavy atom. The third-order valence-corrected chi connectivity index (χ3v) is 2.80. The first-order valence-electron chi connectivity index (χ1n) is 5.24. The van der Waals surface area contributed by atoms with Crippen LogP contribution < -0.4 is 4.72 Å². The smallest absolute Gasteiger partial charge is 0.259 e. The molecule has 0 radical (unpaired) electrons. The molecule has 4 nitrogen and oxygen atoms in total. The highest BCUT2D eigenvalue weighted by molar-refractivity contribution is 7.80. The van der Waals surface area contributed by atoms with E-state index in [4.69, 9.17) is 4.55 Å². The molecule has 2 aromatic rings. The maximum absolute atomic E-state index is 12.1. The minimum atomic E-state index is -2.10. The van der Waals surface area contributed by atoms with E-state index in [0.717, 1.165) is 0 Å². The van der Waals surface area contributed by atoms with Crippen molar-refractivity contribution in [2.24, 2.45) is 0 Å². The number of ketones is 1. The zero-order chi connectivity index (χ0) is 13.0. The van der Waals surface area contributed by atoms with Crippen molar-refractivity contribution in [2.75, 3.05) is 4.72 Å². The number of hydrogen-bond donors (Lipinski definition) is 2. The largest absolute Gasteiger partial charge is 0.289 e. The van der Waals surface area contributed by atoms with Crippen LogP contribution in [-0.2, 0) is 11.3 Å². The minimum Gasteiger partial charge on any atom is -0.289 e. The Bertz CT molecular complexity index is 567. The van der Waals surface area contributed by atoms with Gasteiger partial charge in [0.1, 0.15) is 0 Å². The summed E-state index contributed by atoms with van der Waals surface area (Å²) in [5.74, 6) is -0.0766. The van der Waals surface area contributed by atoms with E-state index >= 15 is 0 Å². The topological polar surface area (TPSA) is 66.4 Å². The summed E-state index contributed by atoms with van der Waals surface area (Å²) in [6.07, 6.45) is 0. The summed E-state index contributed by atoms with van der Waals surface area (Å²) in [5.41, 5.74) is 1.64. The third-order valence-electron chi connectivity index (χ3n) is 2.39. The molecule has 1 atom stereocenters. The molecule has 2 aromatic carbocycles. The van der Waals surface area contributed by atoms with Crippen molar-refractivity contribution in [2.45, 2.75) is 0 Å². The maximum Gasteiger partial charge on any atom is 0.259 e. The molecule has 0 aromatic heterocycles. The lowest BCUT2D eigenvalue weighted by atomic mass is 10.0. The second kappa shape index (κ2) is 5.57. The number of nitrogens with one attached hydrogen (secondary N) is 1. The van der Waals surface area contributed by atoms with Gasteiger partial charge in [-0.3, -0.25) is 14.1 Å². The van der Waals surface area contributed by atoms with E-state index < -0.39 is 11.3 Å². The average molecular weight is 261 g/mol. The van der Waals surface area contributed by atoms with Gasteiger partial charge in [-0.05, 0) is 24.3 Å². The van der Waals surface area contributed by atoms with E-state index in [2.05, 4.69) is 4.72 Å². The molecule has 0 heterocycles. The van der Waals surface area contributed by atoms with Gasteiger partial charge in [-0.2, -0.15) is 0 Å². The average Bonchev–Trinajstić information content (AvgIpc) is 2.39. The van der Waals surface area contributed by atoms with E-state index in [1.54, 1.807) is 48.5 Å². The maximum atomic E-state index is 12.1. The molecule has 2 N–H and O–H groups in total. The van der Waals surface area contributed by atoms with Gasteiger partial charge in [0.05, 0.1) is 0 Å². The molecular formula is C13H11NO3S. The van der Waals surface area contributed by atoms with Gasteiger partial charge in [0.2, 0.25) is 0 Å². The first-order chi connectivity index (χ1) is 8.66. The zero-order valence-electron chi connectivity index (χ0n) is 9.37. The van der Waals surface area contributed by atoms with Gasteiger partial charge in [-0.25, -0.2) is 4.21 Å². The third kappa shape index (κ3) is 3.03. The Morgan fingerprint density at radius 1 is 0.944 bits per heavy atom. The first kappa shape index (κ1) is 12.5. The Kier molecular flexibility index (Phi) is 3.86. The molecular weight excluding hydrogens is 250 g/mol. The second-order valence-electron chi connectivity index (χ2n) is 3.62. The fourth-order valence-electron chi connectivity index (χ4n) is 1.55. The molecule has 0 spiro atoms. The predicted molar refractivity (Wildman–Crippen MR) is 70.7 cm³/mol. The molecule has 0 saturated heterocycles. The van der Waals surface area contributed by atoms with Gasteiger partial charge in [0.15, 0.2) is 5.78 Å². The summed E-state index contributed by atoms with van der Waals surface area (Å²) in [7, 11) is 0. The number of anilines is 1. The number of rotatable bonds is 4. The van der Waals surface area contributed by atoms with E-state index in [1.807, 2.05) is 6.07 Å². The van der Waals surface area contributed by atoms with Crippen LogP contribution in [0, 0.1) is 0 Å². The van der Waals surface area contributed by atoms with E-state index in [0.29, 0.717) is 16.8 Å². The summed E-state index contributed by atoms with van der Waals surface area (Å²) < 4.78 is 21.5. The summed E-state index contributed by atoms with van der Waals surface area (Å²) in [6.45, 7) is 0. The van der Waals surface area contributed by atoms with Crippen LogP contribution in [0.5, 0.6) is 0 Å². The Hall–Kier alpha value is -1.98. The number of benzene rings is 2. The molecule has 1 unspecified atom stereocenters. The van der Waals surface area contributed by atoms with Crippen molar-refractivity contribution in [3.63, 3.8) is 0 Å². The van der Waals surface area contributed by atoms with Crippen LogP contribution in [0.4, 0.5) is 5.69 Å². The molecule has 0 aliphatic heterocycles. The molecule has 0 saturated carbocycles. The highest BCUT2D eigenvalue weighted by Gasteiger charge is 2.08. The van der Waals surface area contributed by atoms with Crippen LogP contribution in [0.1, 0.15) is 15.9 Å². The van der Waals surface area contributed by atoms with Crippen LogP contribution in [0.15, 0.2) is 54.6 Å². The fourth-order valence-corrected chi connectivity index (χ4v) is 1.88. The summed E-state index contributed by atoms with van der Waals surface area (Å²) in [4.78, 5) is 12.1. The lowest BCUT2D eigenvalue weighted by Crippen LogP contribution is -2.03. The van der Waals surface area contributed by atoms with Crippen LogP contribution in [0.2, 0.25) is 0 Å². The van der Waals surface area contributed by atoms with E-state index in [-0.39, 0.29) is 5.78 Å². The molecule has 5 heteroatoms. The number of hydrogen-bond acceptors (Lipinski definition) is 2. The molecule has 92 valence electrons. The fraction of sp³-hybridized carbons (Fsp3) is 0. The Morgan fingerprint density at radius 2 is 1.50 bits per heavy atom. The van der Waals surface area contributed by atoms with Gasteiger partial charge < -0.3 is 0 Å². The van der Waals surface area contributed by atoms with Crippen molar-refractivity contribution in [1.29, 1.82) is 0 Å². The lowest BCUT2D eigenvalue weighted by molar-refractivity contribution is 0.103. The van der Waals surface area contributed by atoms with E-state index in [9.17, 15) is 9.00 Å².